The average Bonchev–Trinajstić information content (AvgIpc) is 2.61. The van der Waals surface area contributed by atoms with Crippen molar-refractivity contribution in [3.63, 3.8) is 0 Å². The van der Waals surface area contributed by atoms with Gasteiger partial charge in [0.15, 0.2) is 0 Å². The summed E-state index contributed by atoms with van der Waals surface area (Å²) in [6.07, 6.45) is -4.55. The van der Waals surface area contributed by atoms with Crippen molar-refractivity contribution in [1.29, 1.82) is 0 Å². The van der Waals surface area contributed by atoms with Gasteiger partial charge in [0.1, 0.15) is 23.2 Å². The second-order valence-corrected chi connectivity index (χ2v) is 6.69. The minimum Gasteiger partial charge on any atom is -0.456 e. The van der Waals surface area contributed by atoms with Crippen molar-refractivity contribution in [2.24, 2.45) is 0 Å². The summed E-state index contributed by atoms with van der Waals surface area (Å²) < 4.78 is 43.7. The summed E-state index contributed by atoms with van der Waals surface area (Å²) in [6.45, 7) is 1.53. The van der Waals surface area contributed by atoms with Crippen LogP contribution in [0.5, 0.6) is 11.5 Å². The van der Waals surface area contributed by atoms with Crippen LogP contribution in [0.25, 0.3) is 0 Å². The number of ether oxygens (including phenoxy) is 1. The Morgan fingerprint density at radius 2 is 1.90 bits per heavy atom. The number of carbonyl (C=O) groups excluding carboxylic acids is 1. The number of nitrogens with zero attached hydrogens (tertiary/aromatic N) is 2. The molecule has 7 nitrogen and oxygen atoms in total. The van der Waals surface area contributed by atoms with E-state index < -0.39 is 22.7 Å². The standard InChI is InChI=1S/C18H17ClF3N3O4/c1-10(17(26)24(2)3)23-14-9-12(5-6-15(14)25(27)28)29-16-7-4-11(8-13(16)19)18(20,21)22/h4-10,23H,1-3H3. The number of benzene rings is 2. The fraction of sp³-hybridized carbons (Fsp3) is 0.278. The number of likely N-dealkylation sites (N-methyl/N-ethyl adjacent to an activating group) is 1. The molecule has 0 heterocycles. The lowest BCUT2D eigenvalue weighted by molar-refractivity contribution is -0.384. The highest BCUT2D eigenvalue weighted by molar-refractivity contribution is 6.32. The Kier molecular flexibility index (Phi) is 6.58. The average molecular weight is 432 g/mol. The van der Waals surface area contributed by atoms with Crippen LogP contribution in [0.4, 0.5) is 24.5 Å². The van der Waals surface area contributed by atoms with Gasteiger partial charge in [0.05, 0.1) is 15.5 Å². The van der Waals surface area contributed by atoms with Crippen molar-refractivity contribution in [3.8, 4) is 11.5 Å². The first kappa shape index (κ1) is 22.3. The third-order valence-corrected chi connectivity index (χ3v) is 4.13. The van der Waals surface area contributed by atoms with Crippen LogP contribution in [-0.4, -0.2) is 35.9 Å². The number of nitro groups is 1. The maximum Gasteiger partial charge on any atom is 0.416 e. The molecule has 0 saturated carbocycles. The molecule has 0 aliphatic heterocycles. The molecular formula is C18H17ClF3N3O4. The first-order chi connectivity index (χ1) is 13.4. The lowest BCUT2D eigenvalue weighted by Gasteiger charge is -2.19. The number of nitrogens with one attached hydrogen (secondary N) is 1. The van der Waals surface area contributed by atoms with Gasteiger partial charge in [-0.3, -0.25) is 14.9 Å². The molecule has 0 fully saturated rings. The molecule has 2 rings (SSSR count). The number of alkyl halides is 3. The zero-order chi connectivity index (χ0) is 21.9. The molecule has 1 amide bonds. The quantitative estimate of drug-likeness (QED) is 0.517. The van der Waals surface area contributed by atoms with Gasteiger partial charge in [-0.25, -0.2) is 0 Å². The van der Waals surface area contributed by atoms with Gasteiger partial charge in [0.2, 0.25) is 5.91 Å². The Bertz CT molecular complexity index is 935. The van der Waals surface area contributed by atoms with Gasteiger partial charge < -0.3 is 15.0 Å². The Labute approximate surface area is 169 Å². The summed E-state index contributed by atoms with van der Waals surface area (Å²) in [5.41, 5.74) is -1.22. The molecule has 0 bridgehead atoms. The van der Waals surface area contributed by atoms with Gasteiger partial charge in [-0.05, 0) is 31.2 Å². The van der Waals surface area contributed by atoms with Gasteiger partial charge in [-0.2, -0.15) is 13.2 Å². The van der Waals surface area contributed by atoms with Crippen LogP contribution in [0.1, 0.15) is 12.5 Å². The van der Waals surface area contributed by atoms with Crippen molar-refractivity contribution in [1.82, 2.24) is 4.90 Å². The largest absolute Gasteiger partial charge is 0.456 e. The van der Waals surface area contributed by atoms with E-state index in [1.165, 1.54) is 24.0 Å². The minimum absolute atomic E-state index is 0.0123. The molecule has 0 aromatic heterocycles. The molecule has 0 aliphatic rings. The third kappa shape index (κ3) is 5.50. The summed E-state index contributed by atoms with van der Waals surface area (Å²) in [4.78, 5) is 24.0. The number of carbonyl (C=O) groups is 1. The van der Waals surface area contributed by atoms with Gasteiger partial charge in [-0.1, -0.05) is 11.6 Å². The summed E-state index contributed by atoms with van der Waals surface area (Å²) >= 11 is 5.87. The highest BCUT2D eigenvalue weighted by Crippen LogP contribution is 2.38. The Morgan fingerprint density at radius 3 is 2.41 bits per heavy atom. The summed E-state index contributed by atoms with van der Waals surface area (Å²) in [5.74, 6) is -0.280. The molecule has 29 heavy (non-hydrogen) atoms. The fourth-order valence-electron chi connectivity index (χ4n) is 2.42. The van der Waals surface area contributed by atoms with Gasteiger partial charge in [-0.15, -0.1) is 0 Å². The molecule has 1 unspecified atom stereocenters. The van der Waals surface area contributed by atoms with E-state index in [1.807, 2.05) is 0 Å². The van der Waals surface area contributed by atoms with Crippen LogP contribution < -0.4 is 10.1 Å². The minimum atomic E-state index is -4.55. The Morgan fingerprint density at radius 1 is 1.24 bits per heavy atom. The lowest BCUT2D eigenvalue weighted by atomic mass is 10.2. The normalized spacial score (nSPS) is 12.2. The summed E-state index contributed by atoms with van der Waals surface area (Å²) in [6, 6.07) is 5.51. The molecule has 0 radical (unpaired) electrons. The smallest absolute Gasteiger partial charge is 0.416 e. The van der Waals surface area contributed by atoms with Crippen LogP contribution in [0.15, 0.2) is 36.4 Å². The number of amides is 1. The second-order valence-electron chi connectivity index (χ2n) is 6.28. The molecule has 0 saturated heterocycles. The van der Waals surface area contributed by atoms with E-state index in [0.29, 0.717) is 0 Å². The van der Waals surface area contributed by atoms with Gasteiger partial charge in [0.25, 0.3) is 5.69 Å². The monoisotopic (exact) mass is 431 g/mol. The van der Waals surface area contributed by atoms with E-state index in [0.717, 1.165) is 24.3 Å². The predicted octanol–water partition coefficient (Wildman–Crippen LogP) is 4.95. The van der Waals surface area contributed by atoms with Gasteiger partial charge in [0, 0.05) is 26.2 Å². The van der Waals surface area contributed by atoms with Gasteiger partial charge >= 0.3 is 6.18 Å². The van der Waals surface area contributed by atoms with Crippen LogP contribution >= 0.6 is 11.6 Å². The van der Waals surface area contributed by atoms with Crippen molar-refractivity contribution >= 4 is 28.9 Å². The van der Waals surface area contributed by atoms with Crippen LogP contribution in [-0.2, 0) is 11.0 Å². The Balaban J connectivity index is 2.33. The molecule has 156 valence electrons. The lowest BCUT2D eigenvalue weighted by Crippen LogP contribution is -2.36. The number of nitro benzene ring substituents is 1. The van der Waals surface area contributed by atoms with E-state index in [9.17, 15) is 28.1 Å². The first-order valence-corrected chi connectivity index (χ1v) is 8.58. The van der Waals surface area contributed by atoms with Crippen LogP contribution in [0.3, 0.4) is 0 Å². The van der Waals surface area contributed by atoms with E-state index in [-0.39, 0.29) is 33.8 Å². The summed E-state index contributed by atoms with van der Waals surface area (Å²) in [5, 5.41) is 13.7. The van der Waals surface area contributed by atoms with E-state index in [4.69, 9.17) is 16.3 Å². The van der Waals surface area contributed by atoms with Crippen molar-refractivity contribution < 1.29 is 27.6 Å². The summed E-state index contributed by atoms with van der Waals surface area (Å²) in [7, 11) is 3.09. The van der Waals surface area contributed by atoms with Crippen LogP contribution in [0.2, 0.25) is 5.02 Å². The highest BCUT2D eigenvalue weighted by atomic mass is 35.5. The number of anilines is 1. The number of rotatable bonds is 6. The maximum atomic E-state index is 12.7. The zero-order valence-corrected chi connectivity index (χ0v) is 16.3. The van der Waals surface area contributed by atoms with E-state index in [1.54, 1.807) is 14.1 Å². The first-order valence-electron chi connectivity index (χ1n) is 8.21. The fourth-order valence-corrected chi connectivity index (χ4v) is 2.64. The third-order valence-electron chi connectivity index (χ3n) is 3.83. The molecule has 1 N–H and O–H groups in total. The SMILES string of the molecule is CC(Nc1cc(Oc2ccc(C(F)(F)F)cc2Cl)ccc1[N+](=O)[O-])C(=O)N(C)C. The Hall–Kier alpha value is -3.01. The molecule has 11 heteroatoms. The number of halogens is 4. The maximum absolute atomic E-state index is 12.7. The zero-order valence-electron chi connectivity index (χ0n) is 15.6. The molecular weight excluding hydrogens is 415 g/mol. The number of hydrogen-bond donors (Lipinski definition) is 1. The predicted molar refractivity (Wildman–Crippen MR) is 101 cm³/mol. The highest BCUT2D eigenvalue weighted by Gasteiger charge is 2.31. The van der Waals surface area contributed by atoms with Crippen molar-refractivity contribution in [3.05, 3.63) is 57.1 Å². The molecule has 1 atom stereocenters. The molecule has 0 aliphatic carbocycles. The topological polar surface area (TPSA) is 84.7 Å². The second kappa shape index (κ2) is 8.56. The van der Waals surface area contributed by atoms with Crippen molar-refractivity contribution in [2.75, 3.05) is 19.4 Å². The number of hydrogen-bond acceptors (Lipinski definition) is 5. The molecule has 2 aromatic rings. The van der Waals surface area contributed by atoms with E-state index in [2.05, 4.69) is 5.32 Å². The van der Waals surface area contributed by atoms with Crippen LogP contribution in [0, 0.1) is 10.1 Å². The molecule has 2 aromatic carbocycles. The molecule has 0 spiro atoms. The van der Waals surface area contributed by atoms with E-state index >= 15 is 0 Å². The van der Waals surface area contributed by atoms with Crippen molar-refractivity contribution in [2.45, 2.75) is 19.1 Å².